The highest BCUT2D eigenvalue weighted by molar-refractivity contribution is 7.47. The van der Waals surface area contributed by atoms with Crippen LogP contribution in [0.1, 0.15) is 174 Å². The molecule has 290 valence electrons. The second-order valence-corrected chi connectivity index (χ2v) is 16.5. The smallest absolute Gasteiger partial charge is 0.391 e. The highest BCUT2D eigenvalue weighted by atomic mass is 31.2. The van der Waals surface area contributed by atoms with Gasteiger partial charge in [-0.2, -0.15) is 0 Å². The topological polar surface area (TPSA) is 105 Å². The molecule has 0 fully saturated rings. The van der Waals surface area contributed by atoms with Crippen molar-refractivity contribution in [1.29, 1.82) is 0 Å². The zero-order valence-electron chi connectivity index (χ0n) is 32.7. The fourth-order valence-corrected chi connectivity index (χ4v) is 6.40. The number of unbranched alkanes of at least 4 members (excludes halogenated alkanes) is 19. The maximum Gasteiger partial charge on any atom is 0.472 e. The van der Waals surface area contributed by atoms with Crippen LogP contribution in [0, 0.1) is 0 Å². The molecule has 0 aliphatic rings. The van der Waals surface area contributed by atoms with Crippen LogP contribution < -0.4 is 5.32 Å². The van der Waals surface area contributed by atoms with Crippen LogP contribution in [-0.4, -0.2) is 73.4 Å². The molecule has 3 atom stereocenters. The van der Waals surface area contributed by atoms with Gasteiger partial charge in [0.2, 0.25) is 5.91 Å². The lowest BCUT2D eigenvalue weighted by Gasteiger charge is -2.26. The van der Waals surface area contributed by atoms with E-state index in [1.54, 1.807) is 0 Å². The molecule has 3 unspecified atom stereocenters. The van der Waals surface area contributed by atoms with Gasteiger partial charge in [0.15, 0.2) is 0 Å². The van der Waals surface area contributed by atoms with E-state index in [0.29, 0.717) is 23.9 Å². The third kappa shape index (κ3) is 35.2. The average molecular weight is 716 g/mol. The summed E-state index contributed by atoms with van der Waals surface area (Å²) in [6.07, 6.45) is 36.2. The molecule has 0 rings (SSSR count). The largest absolute Gasteiger partial charge is 0.472 e. The molecule has 0 aromatic rings. The van der Waals surface area contributed by atoms with Crippen molar-refractivity contribution < 1.29 is 32.9 Å². The van der Waals surface area contributed by atoms with Crippen molar-refractivity contribution >= 4 is 13.7 Å². The molecule has 0 bridgehead atoms. The van der Waals surface area contributed by atoms with Crippen molar-refractivity contribution in [3.8, 4) is 0 Å². The number of aliphatic hydroxyl groups is 1. The Balaban J connectivity index is 4.39. The number of nitrogens with one attached hydrogen (secondary N) is 1. The summed E-state index contributed by atoms with van der Waals surface area (Å²) in [6.45, 7) is 4.82. The predicted octanol–water partition coefficient (Wildman–Crippen LogP) is 10.6. The summed E-state index contributed by atoms with van der Waals surface area (Å²) >= 11 is 0. The number of rotatable bonds is 36. The van der Waals surface area contributed by atoms with Crippen molar-refractivity contribution in [3.63, 3.8) is 0 Å². The first-order valence-corrected chi connectivity index (χ1v) is 21.7. The number of nitrogens with zero attached hydrogens (tertiary/aromatic N) is 1. The number of likely N-dealkylation sites (N-methyl/N-ethyl adjacent to an activating group) is 1. The summed E-state index contributed by atoms with van der Waals surface area (Å²) in [5.74, 6) is -0.156. The normalized spacial score (nSPS) is 14.8. The van der Waals surface area contributed by atoms with E-state index in [0.717, 1.165) is 51.4 Å². The van der Waals surface area contributed by atoms with Crippen molar-refractivity contribution in [1.82, 2.24) is 5.32 Å². The quantitative estimate of drug-likeness (QED) is 0.0258. The number of carbonyl (C=O) groups is 1. The summed E-state index contributed by atoms with van der Waals surface area (Å²) in [4.78, 5) is 23.0. The summed E-state index contributed by atoms with van der Waals surface area (Å²) < 4.78 is 23.5. The Hall–Kier alpha value is -1.02. The first-order chi connectivity index (χ1) is 23.5. The van der Waals surface area contributed by atoms with Gasteiger partial charge in [0, 0.05) is 6.42 Å². The molecule has 49 heavy (non-hydrogen) atoms. The van der Waals surface area contributed by atoms with Crippen molar-refractivity contribution in [2.75, 3.05) is 40.9 Å². The van der Waals surface area contributed by atoms with E-state index in [2.05, 4.69) is 43.5 Å². The first kappa shape index (κ1) is 48.0. The van der Waals surface area contributed by atoms with Gasteiger partial charge < -0.3 is 19.8 Å². The Morgan fingerprint density at radius 3 is 1.71 bits per heavy atom. The first-order valence-electron chi connectivity index (χ1n) is 20.2. The third-order valence-electron chi connectivity index (χ3n) is 8.95. The molecule has 1 amide bonds. The van der Waals surface area contributed by atoms with Crippen LogP contribution in [0.4, 0.5) is 0 Å². The van der Waals surface area contributed by atoms with Crippen LogP contribution in [0.5, 0.6) is 0 Å². The van der Waals surface area contributed by atoms with Gasteiger partial charge in [0.05, 0.1) is 39.9 Å². The van der Waals surface area contributed by atoms with Crippen LogP contribution in [0.2, 0.25) is 0 Å². The molecule has 0 spiro atoms. The van der Waals surface area contributed by atoms with Gasteiger partial charge in [-0.3, -0.25) is 13.8 Å². The molecular weight excluding hydrogens is 635 g/mol. The molecule has 0 saturated heterocycles. The maximum atomic E-state index is 12.8. The maximum absolute atomic E-state index is 12.8. The number of aliphatic hydroxyl groups excluding tert-OH is 1. The number of phosphoric acid groups is 1. The summed E-state index contributed by atoms with van der Waals surface area (Å²) in [5.41, 5.74) is 0. The molecule has 0 heterocycles. The van der Waals surface area contributed by atoms with Crippen LogP contribution in [0.3, 0.4) is 0 Å². The second kappa shape index (κ2) is 32.9. The Morgan fingerprint density at radius 1 is 0.694 bits per heavy atom. The van der Waals surface area contributed by atoms with Crippen LogP contribution >= 0.6 is 7.82 Å². The lowest BCUT2D eigenvalue weighted by atomic mass is 10.0. The fraction of sp³-hybridized carbons (Fsp3) is 0.875. The van der Waals surface area contributed by atoms with Gasteiger partial charge in [-0.05, 0) is 44.9 Å². The average Bonchev–Trinajstić information content (AvgIpc) is 3.04. The minimum absolute atomic E-state index is 0.0730. The van der Waals surface area contributed by atoms with E-state index in [1.807, 2.05) is 21.1 Å². The predicted molar refractivity (Wildman–Crippen MR) is 208 cm³/mol. The van der Waals surface area contributed by atoms with E-state index in [9.17, 15) is 19.4 Å². The molecule has 0 aliphatic carbocycles. The second-order valence-electron chi connectivity index (χ2n) is 15.0. The number of amides is 1. The molecule has 0 aromatic heterocycles. The van der Waals surface area contributed by atoms with E-state index >= 15 is 0 Å². The van der Waals surface area contributed by atoms with Gasteiger partial charge in [0.1, 0.15) is 13.2 Å². The van der Waals surface area contributed by atoms with E-state index in [4.69, 9.17) is 9.05 Å². The molecular formula is C40H80N2O6P+. The molecule has 8 nitrogen and oxygen atoms in total. The van der Waals surface area contributed by atoms with Crippen LogP contribution in [0.15, 0.2) is 24.3 Å². The summed E-state index contributed by atoms with van der Waals surface area (Å²) in [6, 6.07) is -0.760. The van der Waals surface area contributed by atoms with Gasteiger partial charge in [-0.15, -0.1) is 0 Å². The monoisotopic (exact) mass is 716 g/mol. The lowest BCUT2D eigenvalue weighted by molar-refractivity contribution is -0.870. The molecule has 9 heteroatoms. The number of hydrogen-bond acceptors (Lipinski definition) is 5. The molecule has 0 saturated carbocycles. The molecule has 0 radical (unpaired) electrons. The Morgan fingerprint density at radius 2 is 1.16 bits per heavy atom. The van der Waals surface area contributed by atoms with Gasteiger partial charge in [-0.25, -0.2) is 4.57 Å². The summed E-state index contributed by atoms with van der Waals surface area (Å²) in [5, 5.41) is 13.9. The zero-order chi connectivity index (χ0) is 36.5. The number of hydrogen-bond donors (Lipinski definition) is 3. The number of allylic oxidation sites excluding steroid dienone is 4. The molecule has 3 N–H and O–H groups in total. The van der Waals surface area contributed by atoms with Crippen LogP contribution in [0.25, 0.3) is 0 Å². The SMILES string of the molecule is CCCCC/C=C\C/C=C\CCCCCCCCCC(=O)NC(COP(=O)(O)OCC[N+](C)(C)C)C(O)CCCCCCCCCCCC. The van der Waals surface area contributed by atoms with Crippen molar-refractivity contribution in [2.24, 2.45) is 0 Å². The fourth-order valence-electron chi connectivity index (χ4n) is 5.66. The number of carbonyl (C=O) groups excluding carboxylic acids is 1. The van der Waals surface area contributed by atoms with Crippen molar-refractivity contribution in [3.05, 3.63) is 24.3 Å². The Labute approximate surface area is 303 Å². The van der Waals surface area contributed by atoms with E-state index in [-0.39, 0.29) is 19.1 Å². The standard InChI is InChI=1S/C40H79N2O6P/c1-6-8-10-12-14-16-18-19-20-21-22-23-24-26-28-30-32-34-40(44)41-38(37-48-49(45,46)47-36-35-42(3,4)5)39(43)33-31-29-27-25-17-15-13-11-9-7-2/h14,16,19-20,38-39,43H,6-13,15,17-18,21-37H2,1-5H3,(H-,41,44,45,46)/p+1/b16-14-,20-19-. The Bertz CT molecular complexity index is 860. The zero-order valence-corrected chi connectivity index (χ0v) is 33.6. The minimum atomic E-state index is -4.30. The number of phosphoric ester groups is 1. The highest BCUT2D eigenvalue weighted by Crippen LogP contribution is 2.43. The van der Waals surface area contributed by atoms with Gasteiger partial charge >= 0.3 is 7.82 Å². The van der Waals surface area contributed by atoms with Crippen LogP contribution in [-0.2, 0) is 18.4 Å². The molecule has 0 aromatic carbocycles. The summed E-state index contributed by atoms with van der Waals surface area (Å²) in [7, 11) is 1.61. The highest BCUT2D eigenvalue weighted by Gasteiger charge is 2.28. The molecule has 0 aliphatic heterocycles. The van der Waals surface area contributed by atoms with E-state index in [1.165, 1.54) is 96.3 Å². The third-order valence-corrected chi connectivity index (χ3v) is 9.94. The number of quaternary nitrogens is 1. The lowest BCUT2D eigenvalue weighted by Crippen LogP contribution is -2.46. The van der Waals surface area contributed by atoms with Gasteiger partial charge in [0.25, 0.3) is 0 Å². The Kier molecular flexibility index (Phi) is 32.2. The van der Waals surface area contributed by atoms with Crippen molar-refractivity contribution in [2.45, 2.75) is 187 Å². The van der Waals surface area contributed by atoms with E-state index < -0.39 is 20.0 Å². The minimum Gasteiger partial charge on any atom is -0.391 e. The van der Waals surface area contributed by atoms with Gasteiger partial charge in [-0.1, -0.05) is 147 Å².